The monoisotopic (exact) mass is 368 g/mol. The Morgan fingerprint density at radius 2 is 1.78 bits per heavy atom. The van der Waals surface area contributed by atoms with Gasteiger partial charge in [-0.15, -0.1) is 10.2 Å². The van der Waals surface area contributed by atoms with Crippen molar-refractivity contribution in [2.45, 2.75) is 32.5 Å². The molecule has 2 aliphatic rings. The number of anilines is 2. The molecule has 1 aromatic carbocycles. The first-order valence-corrected chi connectivity index (χ1v) is 9.30. The van der Waals surface area contributed by atoms with E-state index < -0.39 is 5.79 Å². The van der Waals surface area contributed by atoms with Crippen LogP contribution in [0.15, 0.2) is 30.3 Å². The number of amides is 1. The second-order valence-electron chi connectivity index (χ2n) is 7.12. The Morgan fingerprint density at radius 3 is 2.41 bits per heavy atom. The van der Waals surface area contributed by atoms with Crippen molar-refractivity contribution in [3.8, 4) is 0 Å². The van der Waals surface area contributed by atoms with E-state index in [0.29, 0.717) is 24.6 Å². The highest BCUT2D eigenvalue weighted by Gasteiger charge is 2.40. The zero-order chi connectivity index (χ0) is 18.9. The van der Waals surface area contributed by atoms with Crippen LogP contribution >= 0.6 is 0 Å². The standard InChI is InChI=1S/C20H24N4O3/c1-14-3-4-16(13-15(14)2)19(25)21-17-5-6-18(23-22-17)24-9-7-20(8-10-24)26-11-12-27-20/h3-6,13H,7-12H2,1-2H3,(H,21,22,25). The summed E-state index contributed by atoms with van der Waals surface area (Å²) in [5, 5.41) is 11.2. The summed E-state index contributed by atoms with van der Waals surface area (Å²) in [4.78, 5) is 14.6. The van der Waals surface area contributed by atoms with Crippen LogP contribution in [0.4, 0.5) is 11.6 Å². The SMILES string of the molecule is Cc1ccc(C(=O)Nc2ccc(N3CCC4(CC3)OCCO4)nn2)cc1C. The van der Waals surface area contributed by atoms with E-state index in [1.165, 1.54) is 0 Å². The van der Waals surface area contributed by atoms with Crippen LogP contribution in [0.5, 0.6) is 0 Å². The third-order valence-corrected chi connectivity index (χ3v) is 5.32. The van der Waals surface area contributed by atoms with Crippen LogP contribution in [-0.4, -0.2) is 48.2 Å². The Bertz CT molecular complexity index is 822. The molecule has 7 nitrogen and oxygen atoms in total. The molecule has 4 rings (SSSR count). The van der Waals surface area contributed by atoms with Gasteiger partial charge in [0.2, 0.25) is 0 Å². The highest BCUT2D eigenvalue weighted by Crippen LogP contribution is 2.32. The molecule has 1 amide bonds. The number of carbonyl (C=O) groups excluding carboxylic acids is 1. The van der Waals surface area contributed by atoms with Gasteiger partial charge in [0.1, 0.15) is 0 Å². The summed E-state index contributed by atoms with van der Waals surface area (Å²) in [6.45, 7) is 6.98. The van der Waals surface area contributed by atoms with E-state index >= 15 is 0 Å². The van der Waals surface area contributed by atoms with Gasteiger partial charge in [-0.3, -0.25) is 4.79 Å². The Balaban J connectivity index is 1.37. The molecule has 2 aromatic rings. The fourth-order valence-electron chi connectivity index (χ4n) is 3.49. The Hall–Kier alpha value is -2.51. The van der Waals surface area contributed by atoms with Crippen LogP contribution in [0.25, 0.3) is 0 Å². The first-order valence-electron chi connectivity index (χ1n) is 9.30. The van der Waals surface area contributed by atoms with Crippen molar-refractivity contribution in [2.24, 2.45) is 0 Å². The molecule has 7 heteroatoms. The van der Waals surface area contributed by atoms with Crippen molar-refractivity contribution >= 4 is 17.5 Å². The number of hydrogen-bond acceptors (Lipinski definition) is 6. The van der Waals surface area contributed by atoms with E-state index in [-0.39, 0.29) is 5.91 Å². The molecule has 2 aliphatic heterocycles. The van der Waals surface area contributed by atoms with Gasteiger partial charge in [0.15, 0.2) is 17.4 Å². The van der Waals surface area contributed by atoms with Crippen molar-refractivity contribution in [2.75, 3.05) is 36.5 Å². The van der Waals surface area contributed by atoms with E-state index in [9.17, 15) is 4.79 Å². The van der Waals surface area contributed by atoms with Gasteiger partial charge in [0.05, 0.1) is 13.2 Å². The lowest BCUT2D eigenvalue weighted by atomic mass is 10.0. The van der Waals surface area contributed by atoms with Crippen molar-refractivity contribution < 1.29 is 14.3 Å². The minimum Gasteiger partial charge on any atom is -0.355 e. The van der Waals surface area contributed by atoms with Crippen LogP contribution < -0.4 is 10.2 Å². The number of ether oxygens (including phenoxy) is 2. The number of benzene rings is 1. The summed E-state index contributed by atoms with van der Waals surface area (Å²) in [7, 11) is 0. The van der Waals surface area contributed by atoms with Crippen LogP contribution in [0.3, 0.4) is 0 Å². The summed E-state index contributed by atoms with van der Waals surface area (Å²) in [5.74, 6) is 0.657. The maximum Gasteiger partial charge on any atom is 0.256 e. The highest BCUT2D eigenvalue weighted by molar-refractivity contribution is 6.03. The second-order valence-corrected chi connectivity index (χ2v) is 7.12. The maximum atomic E-state index is 12.4. The number of carbonyl (C=O) groups is 1. The minimum atomic E-state index is -0.399. The van der Waals surface area contributed by atoms with E-state index in [1.807, 2.05) is 38.1 Å². The van der Waals surface area contributed by atoms with Gasteiger partial charge in [0, 0.05) is 31.5 Å². The zero-order valence-electron chi connectivity index (χ0n) is 15.7. The molecule has 0 saturated carbocycles. The van der Waals surface area contributed by atoms with Crippen molar-refractivity contribution in [1.29, 1.82) is 0 Å². The van der Waals surface area contributed by atoms with Gasteiger partial charge in [-0.1, -0.05) is 6.07 Å². The fraction of sp³-hybridized carbons (Fsp3) is 0.450. The Morgan fingerprint density at radius 1 is 1.04 bits per heavy atom. The second kappa shape index (κ2) is 7.25. The molecular formula is C20H24N4O3. The van der Waals surface area contributed by atoms with Crippen LogP contribution in [0, 0.1) is 13.8 Å². The van der Waals surface area contributed by atoms with E-state index in [0.717, 1.165) is 42.9 Å². The van der Waals surface area contributed by atoms with E-state index in [4.69, 9.17) is 9.47 Å². The number of rotatable bonds is 3. The Kier molecular flexibility index (Phi) is 4.80. The molecule has 0 aliphatic carbocycles. The van der Waals surface area contributed by atoms with Gasteiger partial charge in [-0.2, -0.15) is 0 Å². The number of piperidine rings is 1. The van der Waals surface area contributed by atoms with E-state index in [1.54, 1.807) is 6.07 Å². The third kappa shape index (κ3) is 3.79. The van der Waals surface area contributed by atoms with Gasteiger partial charge < -0.3 is 19.7 Å². The third-order valence-electron chi connectivity index (χ3n) is 5.32. The normalized spacial score (nSPS) is 18.7. The fourth-order valence-corrected chi connectivity index (χ4v) is 3.49. The molecule has 0 atom stereocenters. The summed E-state index contributed by atoms with van der Waals surface area (Å²) >= 11 is 0. The Labute approximate surface area is 158 Å². The molecule has 2 fully saturated rings. The van der Waals surface area contributed by atoms with Crippen molar-refractivity contribution in [3.05, 3.63) is 47.0 Å². The molecule has 2 saturated heterocycles. The number of nitrogens with one attached hydrogen (secondary N) is 1. The molecule has 1 spiro atoms. The van der Waals surface area contributed by atoms with E-state index in [2.05, 4.69) is 20.4 Å². The molecule has 142 valence electrons. The smallest absolute Gasteiger partial charge is 0.256 e. The van der Waals surface area contributed by atoms with Crippen LogP contribution in [-0.2, 0) is 9.47 Å². The van der Waals surface area contributed by atoms with Crippen molar-refractivity contribution in [3.63, 3.8) is 0 Å². The summed E-state index contributed by atoms with van der Waals surface area (Å²) in [5.41, 5.74) is 2.86. The maximum absolute atomic E-state index is 12.4. The lowest BCUT2D eigenvalue weighted by Gasteiger charge is -2.37. The molecular weight excluding hydrogens is 344 g/mol. The predicted molar refractivity (Wildman–Crippen MR) is 102 cm³/mol. The molecule has 0 bridgehead atoms. The molecule has 0 radical (unpaired) electrons. The number of nitrogens with zero attached hydrogens (tertiary/aromatic N) is 3. The van der Waals surface area contributed by atoms with Gasteiger partial charge in [-0.25, -0.2) is 0 Å². The number of aryl methyl sites for hydroxylation is 2. The molecule has 1 aromatic heterocycles. The first-order chi connectivity index (χ1) is 13.0. The van der Waals surface area contributed by atoms with Crippen LogP contribution in [0.1, 0.15) is 34.3 Å². The summed E-state index contributed by atoms with van der Waals surface area (Å²) in [6, 6.07) is 9.31. The van der Waals surface area contributed by atoms with Crippen LogP contribution in [0.2, 0.25) is 0 Å². The number of aromatic nitrogens is 2. The largest absolute Gasteiger partial charge is 0.355 e. The molecule has 0 unspecified atom stereocenters. The van der Waals surface area contributed by atoms with Gasteiger partial charge >= 0.3 is 0 Å². The lowest BCUT2D eigenvalue weighted by molar-refractivity contribution is -0.169. The summed E-state index contributed by atoms with van der Waals surface area (Å²) in [6.07, 6.45) is 1.64. The lowest BCUT2D eigenvalue weighted by Crippen LogP contribution is -2.45. The predicted octanol–water partition coefficient (Wildman–Crippen LogP) is 2.69. The van der Waals surface area contributed by atoms with Gasteiger partial charge in [-0.05, 0) is 49.2 Å². The quantitative estimate of drug-likeness (QED) is 0.898. The van der Waals surface area contributed by atoms with Gasteiger partial charge in [0.25, 0.3) is 5.91 Å². The molecule has 3 heterocycles. The van der Waals surface area contributed by atoms with Crippen molar-refractivity contribution in [1.82, 2.24) is 10.2 Å². The average molecular weight is 368 g/mol. The number of hydrogen-bond donors (Lipinski definition) is 1. The zero-order valence-corrected chi connectivity index (χ0v) is 15.7. The molecule has 1 N–H and O–H groups in total. The highest BCUT2D eigenvalue weighted by atomic mass is 16.7. The summed E-state index contributed by atoms with van der Waals surface area (Å²) < 4.78 is 11.5. The first kappa shape index (κ1) is 17.9. The minimum absolute atomic E-state index is 0.185. The molecule has 27 heavy (non-hydrogen) atoms. The average Bonchev–Trinajstić information content (AvgIpc) is 3.13. The topological polar surface area (TPSA) is 76.6 Å².